The van der Waals surface area contributed by atoms with Crippen LogP contribution in [0.2, 0.25) is 0 Å². The lowest BCUT2D eigenvalue weighted by molar-refractivity contribution is -0.133. The number of nitrogens with one attached hydrogen (secondary N) is 2. The molecule has 1 aliphatic carbocycles. The zero-order valence-corrected chi connectivity index (χ0v) is 23.6. The van der Waals surface area contributed by atoms with Gasteiger partial charge in [-0.3, -0.25) is 19.2 Å². The maximum atomic E-state index is 13.7. The topological polar surface area (TPSA) is 112 Å². The molecule has 41 heavy (non-hydrogen) atoms. The molecular formula is C32H36N4O5. The highest BCUT2D eigenvalue weighted by Gasteiger charge is 2.46. The summed E-state index contributed by atoms with van der Waals surface area (Å²) in [6.45, 7) is 5.18. The Hall–Kier alpha value is -4.14. The predicted octanol–water partition coefficient (Wildman–Crippen LogP) is 4.20. The van der Waals surface area contributed by atoms with Crippen molar-refractivity contribution in [1.29, 1.82) is 0 Å². The number of anilines is 2. The Morgan fingerprint density at radius 1 is 0.951 bits per heavy atom. The molecule has 1 atom stereocenters. The molecule has 0 bridgehead atoms. The number of fused-ring (bicyclic) bond motifs is 1. The van der Waals surface area contributed by atoms with E-state index in [2.05, 4.69) is 10.6 Å². The first kappa shape index (κ1) is 27.1. The summed E-state index contributed by atoms with van der Waals surface area (Å²) in [6.07, 6.45) is 4.05. The fourth-order valence-corrected chi connectivity index (χ4v) is 6.38. The fourth-order valence-electron chi connectivity index (χ4n) is 6.38. The Bertz CT molecular complexity index is 1490. The zero-order valence-electron chi connectivity index (χ0n) is 23.6. The van der Waals surface area contributed by atoms with E-state index < -0.39 is 17.5 Å². The van der Waals surface area contributed by atoms with E-state index in [1.54, 1.807) is 17.0 Å². The molecule has 6 rings (SSSR count). The van der Waals surface area contributed by atoms with Gasteiger partial charge in [-0.25, -0.2) is 0 Å². The maximum Gasteiger partial charge on any atom is 0.287 e. The summed E-state index contributed by atoms with van der Waals surface area (Å²) < 4.78 is 5.75. The van der Waals surface area contributed by atoms with Crippen LogP contribution in [0.4, 0.5) is 11.4 Å². The summed E-state index contributed by atoms with van der Waals surface area (Å²) in [6, 6.07) is 16.1. The second-order valence-electron chi connectivity index (χ2n) is 12.2. The van der Waals surface area contributed by atoms with Gasteiger partial charge >= 0.3 is 0 Å². The lowest BCUT2D eigenvalue weighted by Gasteiger charge is -2.46. The molecule has 214 valence electrons. The number of furan rings is 1. The molecule has 3 aromatic rings. The van der Waals surface area contributed by atoms with Gasteiger partial charge in [0.1, 0.15) is 11.1 Å². The number of β-lactam (4-membered cyclic amide) rings is 1. The molecule has 3 fully saturated rings. The highest BCUT2D eigenvalue weighted by molar-refractivity contribution is 6.07. The van der Waals surface area contributed by atoms with Crippen molar-refractivity contribution in [3.05, 3.63) is 60.4 Å². The number of amides is 3. The smallest absolute Gasteiger partial charge is 0.287 e. The Balaban J connectivity index is 1.14. The Kier molecular flexibility index (Phi) is 6.83. The summed E-state index contributed by atoms with van der Waals surface area (Å²) in [7, 11) is 0. The standard InChI is InChI=1S/C32H36N4O5/c1-31(2)20-36(30(31)40)24-12-6-5-11-23(24)35-17-14-22(25(37)19-35)33-29(39)32(15-8-3-9-16-32)34-28(38)27-18-21-10-4-7-13-26(21)41-27/h4-7,10-13,18,22H,3,8-9,14-17,19-20H2,1-2H3,(H,33,39)(H,34,38). The van der Waals surface area contributed by atoms with E-state index in [1.165, 1.54) is 0 Å². The van der Waals surface area contributed by atoms with Crippen molar-refractivity contribution >= 4 is 45.8 Å². The van der Waals surface area contributed by atoms with Gasteiger partial charge in [0, 0.05) is 18.5 Å². The van der Waals surface area contributed by atoms with Crippen LogP contribution in [0, 0.1) is 5.41 Å². The van der Waals surface area contributed by atoms with E-state index in [9.17, 15) is 19.2 Å². The fraction of sp³-hybridized carbons (Fsp3) is 0.438. The van der Waals surface area contributed by atoms with Gasteiger partial charge < -0.3 is 24.9 Å². The lowest BCUT2D eigenvalue weighted by atomic mass is 9.80. The van der Waals surface area contributed by atoms with Crippen molar-refractivity contribution in [2.75, 3.05) is 29.4 Å². The molecular weight excluding hydrogens is 520 g/mol. The number of hydrogen-bond acceptors (Lipinski definition) is 6. The SMILES string of the molecule is CC1(C)CN(c2ccccc2N2CCC(NC(=O)C3(NC(=O)c4cc5ccccc5o4)CCCCC3)C(=O)C2)C1=O. The third kappa shape index (κ3) is 4.98. The Labute approximate surface area is 239 Å². The highest BCUT2D eigenvalue weighted by atomic mass is 16.3. The van der Waals surface area contributed by atoms with Gasteiger partial charge in [-0.15, -0.1) is 0 Å². The Morgan fingerprint density at radius 3 is 2.34 bits per heavy atom. The molecule has 1 saturated carbocycles. The van der Waals surface area contributed by atoms with Crippen molar-refractivity contribution in [3.8, 4) is 0 Å². The molecule has 1 unspecified atom stereocenters. The average Bonchev–Trinajstić information content (AvgIpc) is 3.42. The number of carbonyl (C=O) groups excluding carboxylic acids is 4. The number of Topliss-reactive ketones (excluding diaryl/α,β-unsaturated/α-hetero) is 1. The van der Waals surface area contributed by atoms with Crippen LogP contribution in [0.5, 0.6) is 0 Å². The van der Waals surface area contributed by atoms with Crippen LogP contribution in [-0.2, 0) is 14.4 Å². The van der Waals surface area contributed by atoms with E-state index in [-0.39, 0.29) is 35.3 Å². The lowest BCUT2D eigenvalue weighted by Crippen LogP contribution is -2.63. The minimum Gasteiger partial charge on any atom is -0.451 e. The Morgan fingerprint density at radius 2 is 1.66 bits per heavy atom. The first-order chi connectivity index (χ1) is 19.7. The van der Waals surface area contributed by atoms with Crippen LogP contribution in [0.25, 0.3) is 11.0 Å². The normalized spacial score (nSPS) is 21.9. The average molecular weight is 557 g/mol. The number of ketones is 1. The van der Waals surface area contributed by atoms with Crippen molar-refractivity contribution in [2.24, 2.45) is 5.41 Å². The largest absolute Gasteiger partial charge is 0.451 e. The number of para-hydroxylation sites is 3. The van der Waals surface area contributed by atoms with Crippen LogP contribution in [-0.4, -0.2) is 54.7 Å². The predicted molar refractivity (Wildman–Crippen MR) is 156 cm³/mol. The van der Waals surface area contributed by atoms with E-state index >= 15 is 0 Å². The van der Waals surface area contributed by atoms with Crippen LogP contribution < -0.4 is 20.4 Å². The first-order valence-electron chi connectivity index (χ1n) is 14.5. The number of hydrogen-bond donors (Lipinski definition) is 2. The van der Waals surface area contributed by atoms with Gasteiger partial charge in [0.05, 0.1) is 29.4 Å². The molecule has 3 heterocycles. The molecule has 0 radical (unpaired) electrons. The van der Waals surface area contributed by atoms with Crippen molar-refractivity contribution in [3.63, 3.8) is 0 Å². The van der Waals surface area contributed by atoms with Gasteiger partial charge in [-0.2, -0.15) is 0 Å². The molecule has 0 spiro atoms. The van der Waals surface area contributed by atoms with Crippen molar-refractivity contribution in [1.82, 2.24) is 10.6 Å². The number of piperidine rings is 1. The quantitative estimate of drug-likeness (QED) is 0.440. The summed E-state index contributed by atoms with van der Waals surface area (Å²) in [4.78, 5) is 56.8. The number of carbonyl (C=O) groups is 4. The highest BCUT2D eigenvalue weighted by Crippen LogP contribution is 2.40. The second kappa shape index (κ2) is 10.4. The van der Waals surface area contributed by atoms with Gasteiger partial charge in [-0.05, 0) is 57.4 Å². The van der Waals surface area contributed by atoms with E-state index in [0.717, 1.165) is 36.0 Å². The van der Waals surface area contributed by atoms with Gasteiger partial charge in [-0.1, -0.05) is 49.6 Å². The monoisotopic (exact) mass is 556 g/mol. The maximum absolute atomic E-state index is 13.7. The molecule has 2 aromatic carbocycles. The number of benzene rings is 2. The number of rotatable bonds is 6. The molecule has 9 heteroatoms. The molecule has 9 nitrogen and oxygen atoms in total. The van der Waals surface area contributed by atoms with Crippen LogP contribution in [0.15, 0.2) is 59.0 Å². The van der Waals surface area contributed by atoms with Crippen molar-refractivity contribution < 1.29 is 23.6 Å². The van der Waals surface area contributed by atoms with E-state index in [4.69, 9.17) is 4.42 Å². The molecule has 2 saturated heterocycles. The summed E-state index contributed by atoms with van der Waals surface area (Å²) >= 11 is 0. The third-order valence-electron chi connectivity index (χ3n) is 8.76. The second-order valence-corrected chi connectivity index (χ2v) is 12.2. The van der Waals surface area contributed by atoms with Crippen LogP contribution in [0.1, 0.15) is 62.9 Å². The molecule has 2 aliphatic heterocycles. The van der Waals surface area contributed by atoms with Crippen LogP contribution >= 0.6 is 0 Å². The molecule has 3 amide bonds. The molecule has 2 N–H and O–H groups in total. The van der Waals surface area contributed by atoms with Gasteiger partial charge in [0.15, 0.2) is 11.5 Å². The summed E-state index contributed by atoms with van der Waals surface area (Å²) in [5.41, 5.74) is 0.789. The minimum absolute atomic E-state index is 0.0703. The molecule has 1 aromatic heterocycles. The van der Waals surface area contributed by atoms with Gasteiger partial charge in [0.2, 0.25) is 11.8 Å². The minimum atomic E-state index is -1.09. The zero-order chi connectivity index (χ0) is 28.8. The van der Waals surface area contributed by atoms with Gasteiger partial charge in [0.25, 0.3) is 5.91 Å². The first-order valence-corrected chi connectivity index (χ1v) is 14.5. The third-order valence-corrected chi connectivity index (χ3v) is 8.76. The molecule has 3 aliphatic rings. The van der Waals surface area contributed by atoms with E-state index in [0.29, 0.717) is 37.9 Å². The summed E-state index contributed by atoms with van der Waals surface area (Å²) in [5, 5.41) is 6.80. The van der Waals surface area contributed by atoms with E-state index in [1.807, 2.05) is 61.2 Å². The van der Waals surface area contributed by atoms with Crippen LogP contribution in [0.3, 0.4) is 0 Å². The number of nitrogens with zero attached hydrogens (tertiary/aromatic N) is 2. The van der Waals surface area contributed by atoms with Crippen molar-refractivity contribution in [2.45, 2.75) is 64.0 Å². The summed E-state index contributed by atoms with van der Waals surface area (Å²) in [5.74, 6) is -0.608.